The molecule has 2 rings (SSSR count). The minimum atomic E-state index is -3.16. The molecule has 0 heterocycles. The van der Waals surface area contributed by atoms with Gasteiger partial charge >= 0.3 is 8.54 Å². The SMILES string of the molecule is FP(F)C#CP(c1ccccc1)c1ccccc1. The molecule has 0 aliphatic heterocycles. The van der Waals surface area contributed by atoms with Crippen molar-refractivity contribution in [3.8, 4) is 11.3 Å². The van der Waals surface area contributed by atoms with Crippen LogP contribution in [0.15, 0.2) is 60.7 Å². The summed E-state index contributed by atoms with van der Waals surface area (Å²) in [5, 5.41) is 2.01. The lowest BCUT2D eigenvalue weighted by molar-refractivity contribution is 0.766. The minimum absolute atomic E-state index is 1.00. The van der Waals surface area contributed by atoms with Gasteiger partial charge in [0.15, 0.2) is 0 Å². The molecule has 18 heavy (non-hydrogen) atoms. The molecule has 0 atom stereocenters. The highest BCUT2D eigenvalue weighted by Gasteiger charge is 2.11. The zero-order valence-corrected chi connectivity index (χ0v) is 11.2. The van der Waals surface area contributed by atoms with Crippen LogP contribution in [0.1, 0.15) is 0 Å². The first-order chi connectivity index (χ1) is 8.77. The molecule has 2 aromatic carbocycles. The fourth-order valence-electron chi connectivity index (χ4n) is 1.52. The molecule has 0 bridgehead atoms. The van der Waals surface area contributed by atoms with E-state index in [4.69, 9.17) is 0 Å². The first-order valence-corrected chi connectivity index (χ1v) is 7.77. The van der Waals surface area contributed by atoms with Crippen LogP contribution < -0.4 is 10.6 Å². The summed E-state index contributed by atoms with van der Waals surface area (Å²) in [7, 11) is -4.17. The fourth-order valence-corrected chi connectivity index (χ4v) is 3.72. The molecule has 0 spiro atoms. The van der Waals surface area contributed by atoms with E-state index in [0.29, 0.717) is 0 Å². The van der Waals surface area contributed by atoms with Gasteiger partial charge in [0.2, 0.25) is 0 Å². The zero-order chi connectivity index (χ0) is 12.8. The van der Waals surface area contributed by atoms with Crippen molar-refractivity contribution in [3.63, 3.8) is 0 Å². The molecule has 4 heteroatoms. The predicted octanol–water partition coefficient (Wildman–Crippen LogP) is 4.29. The van der Waals surface area contributed by atoms with Crippen LogP contribution in [0.25, 0.3) is 0 Å². The van der Waals surface area contributed by atoms with E-state index < -0.39 is 16.5 Å². The molecular weight excluding hydrogens is 268 g/mol. The van der Waals surface area contributed by atoms with Crippen LogP contribution in [0.3, 0.4) is 0 Å². The van der Waals surface area contributed by atoms with Crippen molar-refractivity contribution in [1.82, 2.24) is 0 Å². The van der Waals surface area contributed by atoms with Gasteiger partial charge in [-0.2, -0.15) is 8.39 Å². The summed E-state index contributed by atoms with van der Waals surface area (Å²) in [5.41, 5.74) is 4.80. The Balaban J connectivity index is 2.40. The highest BCUT2D eigenvalue weighted by Crippen LogP contribution is 2.40. The second kappa shape index (κ2) is 6.60. The predicted molar refractivity (Wildman–Crippen MR) is 76.0 cm³/mol. The Morgan fingerprint density at radius 2 is 1.11 bits per heavy atom. The third-order valence-corrected chi connectivity index (χ3v) is 4.70. The van der Waals surface area contributed by atoms with E-state index in [9.17, 15) is 8.39 Å². The Bertz CT molecular complexity index is 505. The van der Waals surface area contributed by atoms with E-state index in [1.165, 1.54) is 0 Å². The molecule has 0 saturated heterocycles. The molecule has 0 aliphatic carbocycles. The lowest BCUT2D eigenvalue weighted by Gasteiger charge is -2.11. The van der Waals surface area contributed by atoms with Crippen LogP contribution in [0.2, 0.25) is 0 Å². The van der Waals surface area contributed by atoms with Gasteiger partial charge in [0, 0.05) is 7.92 Å². The van der Waals surface area contributed by atoms with Gasteiger partial charge in [-0.1, -0.05) is 66.3 Å². The summed E-state index contributed by atoms with van der Waals surface area (Å²) in [6, 6.07) is 19.2. The Kier molecular flexibility index (Phi) is 4.82. The fraction of sp³-hybridized carbons (Fsp3) is 0. The molecule has 0 fully saturated rings. The van der Waals surface area contributed by atoms with E-state index in [1.807, 2.05) is 60.7 Å². The molecule has 90 valence electrons. The molecule has 0 N–H and O–H groups in total. The molecule has 0 aromatic heterocycles. The van der Waals surface area contributed by atoms with Crippen LogP contribution in [0, 0.1) is 11.3 Å². The van der Waals surface area contributed by atoms with Crippen molar-refractivity contribution in [3.05, 3.63) is 60.7 Å². The first-order valence-electron chi connectivity index (χ1n) is 5.30. The lowest BCUT2D eigenvalue weighted by Crippen LogP contribution is -2.09. The van der Waals surface area contributed by atoms with Crippen LogP contribution in [0.5, 0.6) is 0 Å². The molecule has 0 nitrogen and oxygen atoms in total. The largest absolute Gasteiger partial charge is 0.344 e. The van der Waals surface area contributed by atoms with E-state index in [1.54, 1.807) is 0 Å². The average Bonchev–Trinajstić information content (AvgIpc) is 2.41. The Morgan fingerprint density at radius 1 is 0.667 bits per heavy atom. The molecule has 0 amide bonds. The summed E-state index contributed by atoms with van der Waals surface area (Å²) in [4.78, 5) is 0. The van der Waals surface area contributed by atoms with E-state index >= 15 is 0 Å². The van der Waals surface area contributed by atoms with Crippen LogP contribution >= 0.6 is 16.5 Å². The Labute approximate surface area is 108 Å². The molecule has 0 aliphatic rings. The highest BCUT2D eigenvalue weighted by atomic mass is 31.2. The monoisotopic (exact) mass is 278 g/mol. The maximum absolute atomic E-state index is 12.3. The van der Waals surface area contributed by atoms with Gasteiger partial charge in [0.25, 0.3) is 0 Å². The number of rotatable bonds is 2. The van der Waals surface area contributed by atoms with E-state index in [2.05, 4.69) is 11.3 Å². The van der Waals surface area contributed by atoms with Crippen LogP contribution in [-0.2, 0) is 0 Å². The topological polar surface area (TPSA) is 0 Å². The molecule has 2 aromatic rings. The van der Waals surface area contributed by atoms with Crippen molar-refractivity contribution in [1.29, 1.82) is 0 Å². The smallest absolute Gasteiger partial charge is 0.173 e. The molecule has 0 unspecified atom stereocenters. The molecule has 0 saturated carbocycles. The van der Waals surface area contributed by atoms with E-state index in [0.717, 1.165) is 10.6 Å². The van der Waals surface area contributed by atoms with Crippen LogP contribution in [-0.4, -0.2) is 0 Å². The standard InChI is InChI=1S/C14H10F2P2/c15-18(16)12-11-17(13-7-3-1-4-8-13)14-9-5-2-6-10-14/h1-10H. The van der Waals surface area contributed by atoms with Crippen molar-refractivity contribution in [2.24, 2.45) is 0 Å². The molecular formula is C14H10F2P2. The summed E-state index contributed by atoms with van der Waals surface area (Å²) in [6.07, 6.45) is 0. The maximum Gasteiger partial charge on any atom is 0.344 e. The second-order valence-electron chi connectivity index (χ2n) is 3.46. The van der Waals surface area contributed by atoms with Crippen molar-refractivity contribution >= 4 is 27.1 Å². The van der Waals surface area contributed by atoms with E-state index in [-0.39, 0.29) is 0 Å². The minimum Gasteiger partial charge on any atom is -0.173 e. The highest BCUT2D eigenvalue weighted by molar-refractivity contribution is 7.78. The first kappa shape index (κ1) is 13.2. The number of benzene rings is 2. The van der Waals surface area contributed by atoms with Crippen molar-refractivity contribution < 1.29 is 8.39 Å². The molecule has 0 radical (unpaired) electrons. The maximum atomic E-state index is 12.3. The number of hydrogen-bond donors (Lipinski definition) is 0. The summed E-state index contributed by atoms with van der Waals surface area (Å²) < 4.78 is 24.7. The van der Waals surface area contributed by atoms with Crippen molar-refractivity contribution in [2.75, 3.05) is 0 Å². The normalized spacial score (nSPS) is 10.2. The van der Waals surface area contributed by atoms with Gasteiger partial charge in [-0.05, 0) is 16.3 Å². The lowest BCUT2D eigenvalue weighted by atomic mass is 10.4. The second-order valence-corrected chi connectivity index (χ2v) is 6.08. The van der Waals surface area contributed by atoms with Gasteiger partial charge in [0.1, 0.15) is 0 Å². The van der Waals surface area contributed by atoms with Gasteiger partial charge in [-0.25, -0.2) is 0 Å². The van der Waals surface area contributed by atoms with Gasteiger partial charge in [0.05, 0.1) is 0 Å². The average molecular weight is 278 g/mol. The third-order valence-electron chi connectivity index (χ3n) is 2.28. The summed E-state index contributed by atoms with van der Waals surface area (Å²) in [6.45, 7) is 0. The van der Waals surface area contributed by atoms with Gasteiger partial charge in [-0.3, -0.25) is 0 Å². The summed E-state index contributed by atoms with van der Waals surface area (Å²) in [5.74, 6) is 0. The van der Waals surface area contributed by atoms with Gasteiger partial charge in [-0.15, -0.1) is 0 Å². The third kappa shape index (κ3) is 3.61. The van der Waals surface area contributed by atoms with Crippen LogP contribution in [0.4, 0.5) is 8.39 Å². The number of hydrogen-bond acceptors (Lipinski definition) is 0. The van der Waals surface area contributed by atoms with Gasteiger partial charge < -0.3 is 0 Å². The van der Waals surface area contributed by atoms with Crippen molar-refractivity contribution in [2.45, 2.75) is 0 Å². The quantitative estimate of drug-likeness (QED) is 0.568. The Morgan fingerprint density at radius 3 is 1.50 bits per heavy atom. The zero-order valence-electron chi connectivity index (χ0n) is 9.42. The number of halogens is 2. The Hall–Kier alpha value is -1.28. The summed E-state index contributed by atoms with van der Waals surface area (Å²) >= 11 is 0.